The number of piperidine rings is 1. The predicted molar refractivity (Wildman–Crippen MR) is 158 cm³/mol. The average molecular weight is 553 g/mol. The third-order valence-corrected chi connectivity index (χ3v) is 8.23. The smallest absolute Gasteiger partial charge is 0.279 e. The maximum absolute atomic E-state index is 13.3. The number of rotatable bonds is 12. The summed E-state index contributed by atoms with van der Waals surface area (Å²) in [7, 11) is 5.19. The number of carbonyl (C=O) groups excluding carboxylic acids is 2. The summed E-state index contributed by atoms with van der Waals surface area (Å²) in [5, 5.41) is 12.6. The maximum Gasteiger partial charge on any atom is 0.279 e. The molecule has 2 fully saturated rings. The van der Waals surface area contributed by atoms with Crippen molar-refractivity contribution < 1.29 is 14.3 Å². The van der Waals surface area contributed by atoms with Crippen LogP contribution in [0.4, 0.5) is 17.2 Å². The number of methoxy groups -OCH3 is 1. The SMILES string of the molecule is COCC1CCN(c2cc(C(=O)NSCCC(=O)N(C)C)nc(Nc3ccccc3)c2C(=N)C2CCC2)CC1. The van der Waals surface area contributed by atoms with Gasteiger partial charge in [-0.25, -0.2) is 4.98 Å². The molecular weight excluding hydrogens is 512 g/mol. The number of pyridine rings is 1. The van der Waals surface area contributed by atoms with E-state index in [4.69, 9.17) is 9.72 Å². The van der Waals surface area contributed by atoms with Gasteiger partial charge in [-0.1, -0.05) is 24.6 Å². The van der Waals surface area contributed by atoms with Crippen molar-refractivity contribution in [1.29, 1.82) is 5.41 Å². The number of ether oxygens (including phenoxy) is 1. The fourth-order valence-corrected chi connectivity index (χ4v) is 5.53. The average Bonchev–Trinajstić information content (AvgIpc) is 2.90. The Morgan fingerprint density at radius 2 is 1.87 bits per heavy atom. The van der Waals surface area contributed by atoms with Crippen LogP contribution in [0.15, 0.2) is 36.4 Å². The minimum absolute atomic E-state index is 0.0160. The van der Waals surface area contributed by atoms with E-state index in [1.807, 2.05) is 36.4 Å². The van der Waals surface area contributed by atoms with Crippen molar-refractivity contribution in [1.82, 2.24) is 14.6 Å². The highest BCUT2D eigenvalue weighted by molar-refractivity contribution is 7.97. The molecular formula is C29H40N6O3S. The Morgan fingerprint density at radius 1 is 1.15 bits per heavy atom. The standard InChI is InChI=1S/C29H40N6O3S/c1-34(2)25(36)14-17-39-33-29(37)23-18-24(35-15-12-20(13-16-35)19-38-3)26(27(30)21-8-7-9-21)28(32-23)31-22-10-5-4-6-11-22/h4-6,10-11,18,20-21,30H,7-9,12-17,19H2,1-3H3,(H,31,32)(H,33,37). The fraction of sp³-hybridized carbons (Fsp3) is 0.517. The van der Waals surface area contributed by atoms with Crippen LogP contribution in [-0.2, 0) is 9.53 Å². The first kappa shape index (κ1) is 28.9. The number of carbonyl (C=O) groups is 2. The van der Waals surface area contributed by atoms with Crippen molar-refractivity contribution in [2.24, 2.45) is 11.8 Å². The molecule has 0 radical (unpaired) electrons. The third kappa shape index (κ3) is 7.51. The molecule has 4 rings (SSSR count). The van der Waals surface area contributed by atoms with Crippen molar-refractivity contribution in [2.75, 3.05) is 56.9 Å². The lowest BCUT2D eigenvalue weighted by molar-refractivity contribution is -0.128. The van der Waals surface area contributed by atoms with Crippen LogP contribution in [0, 0.1) is 17.2 Å². The van der Waals surface area contributed by atoms with Crippen LogP contribution in [0.25, 0.3) is 0 Å². The molecule has 3 N–H and O–H groups in total. The number of anilines is 3. The van der Waals surface area contributed by atoms with Crippen molar-refractivity contribution >= 4 is 46.7 Å². The van der Waals surface area contributed by atoms with Crippen LogP contribution in [0.5, 0.6) is 0 Å². The van der Waals surface area contributed by atoms with E-state index in [9.17, 15) is 15.0 Å². The Bertz CT molecular complexity index is 1150. The molecule has 0 unspecified atom stereocenters. The Hall–Kier alpha value is -3.11. The first-order valence-electron chi connectivity index (χ1n) is 13.7. The van der Waals surface area contributed by atoms with E-state index in [1.54, 1.807) is 26.1 Å². The van der Waals surface area contributed by atoms with Gasteiger partial charge in [-0.05, 0) is 61.7 Å². The third-order valence-electron chi connectivity index (χ3n) is 7.49. The van der Waals surface area contributed by atoms with Gasteiger partial charge < -0.3 is 25.3 Å². The molecule has 1 aromatic carbocycles. The lowest BCUT2D eigenvalue weighted by Crippen LogP contribution is -2.37. The number of nitrogens with one attached hydrogen (secondary N) is 3. The van der Waals surface area contributed by atoms with Gasteiger partial charge in [0.25, 0.3) is 5.91 Å². The molecule has 1 aromatic heterocycles. The molecule has 1 aliphatic carbocycles. The van der Waals surface area contributed by atoms with Gasteiger partial charge in [-0.2, -0.15) is 0 Å². The van der Waals surface area contributed by atoms with Gasteiger partial charge >= 0.3 is 0 Å². The van der Waals surface area contributed by atoms with Gasteiger partial charge in [0.2, 0.25) is 5.91 Å². The van der Waals surface area contributed by atoms with E-state index in [0.29, 0.717) is 35.3 Å². The van der Waals surface area contributed by atoms with Crippen LogP contribution in [0.3, 0.4) is 0 Å². The zero-order valence-electron chi connectivity index (χ0n) is 23.2. The minimum atomic E-state index is -0.314. The normalized spacial score (nSPS) is 15.9. The van der Waals surface area contributed by atoms with E-state index < -0.39 is 0 Å². The lowest BCUT2D eigenvalue weighted by Gasteiger charge is -2.36. The molecule has 10 heteroatoms. The number of para-hydroxylation sites is 1. The van der Waals surface area contributed by atoms with Gasteiger partial charge in [0.05, 0.1) is 11.3 Å². The summed E-state index contributed by atoms with van der Waals surface area (Å²) in [6.45, 7) is 2.41. The number of benzene rings is 1. The second kappa shape index (κ2) is 13.8. The van der Waals surface area contributed by atoms with Crippen molar-refractivity contribution in [3.8, 4) is 0 Å². The van der Waals surface area contributed by atoms with Crippen LogP contribution in [0.2, 0.25) is 0 Å². The second-order valence-corrected chi connectivity index (χ2v) is 11.4. The van der Waals surface area contributed by atoms with E-state index >= 15 is 0 Å². The van der Waals surface area contributed by atoms with Gasteiger partial charge in [0.15, 0.2) is 0 Å². The number of nitrogens with zero attached hydrogens (tertiary/aromatic N) is 3. The summed E-state index contributed by atoms with van der Waals surface area (Å²) in [5.74, 6) is 1.42. The maximum atomic E-state index is 13.3. The summed E-state index contributed by atoms with van der Waals surface area (Å²) in [4.78, 5) is 33.8. The summed E-state index contributed by atoms with van der Waals surface area (Å²) < 4.78 is 8.26. The highest BCUT2D eigenvalue weighted by Gasteiger charge is 2.31. The van der Waals surface area contributed by atoms with Crippen molar-refractivity contribution in [3.63, 3.8) is 0 Å². The fourth-order valence-electron chi connectivity index (χ4n) is 4.92. The second-order valence-electron chi connectivity index (χ2n) is 10.5. The van der Waals surface area contributed by atoms with Crippen LogP contribution < -0.4 is 14.9 Å². The first-order valence-corrected chi connectivity index (χ1v) is 14.7. The molecule has 39 heavy (non-hydrogen) atoms. The lowest BCUT2D eigenvalue weighted by atomic mass is 9.79. The summed E-state index contributed by atoms with van der Waals surface area (Å²) >= 11 is 1.21. The molecule has 9 nitrogen and oxygen atoms in total. The number of hydrogen-bond donors (Lipinski definition) is 3. The Morgan fingerprint density at radius 3 is 2.49 bits per heavy atom. The van der Waals surface area contributed by atoms with Gasteiger partial charge in [-0.3, -0.25) is 14.3 Å². The Balaban J connectivity index is 1.65. The van der Waals surface area contributed by atoms with E-state index in [0.717, 1.165) is 68.7 Å². The molecule has 2 aromatic rings. The first-order chi connectivity index (χ1) is 18.9. The molecule has 0 spiro atoms. The zero-order valence-corrected chi connectivity index (χ0v) is 24.0. The molecule has 1 saturated carbocycles. The number of hydrogen-bond acceptors (Lipinski definition) is 8. The van der Waals surface area contributed by atoms with Crippen molar-refractivity contribution in [3.05, 3.63) is 47.7 Å². The number of amides is 2. The van der Waals surface area contributed by atoms with Gasteiger partial charge in [0, 0.05) is 70.4 Å². The van der Waals surface area contributed by atoms with E-state index in [2.05, 4.69) is 14.9 Å². The summed E-state index contributed by atoms with van der Waals surface area (Å²) in [5.41, 5.74) is 3.40. The van der Waals surface area contributed by atoms with Crippen LogP contribution in [0.1, 0.15) is 54.6 Å². The van der Waals surface area contributed by atoms with E-state index in [1.165, 1.54) is 11.9 Å². The largest absolute Gasteiger partial charge is 0.384 e. The molecule has 2 heterocycles. The molecule has 0 atom stereocenters. The zero-order chi connectivity index (χ0) is 27.8. The molecule has 1 saturated heterocycles. The molecule has 1 aliphatic heterocycles. The minimum Gasteiger partial charge on any atom is -0.384 e. The molecule has 210 valence electrons. The number of aromatic nitrogens is 1. The van der Waals surface area contributed by atoms with Crippen LogP contribution in [-0.4, -0.2) is 74.1 Å². The topological polar surface area (TPSA) is 111 Å². The van der Waals surface area contributed by atoms with Gasteiger partial charge in [0.1, 0.15) is 11.5 Å². The quantitative estimate of drug-likeness (QED) is 0.199. The van der Waals surface area contributed by atoms with E-state index in [-0.39, 0.29) is 17.7 Å². The molecule has 2 amide bonds. The van der Waals surface area contributed by atoms with Crippen molar-refractivity contribution in [2.45, 2.75) is 38.5 Å². The highest BCUT2D eigenvalue weighted by atomic mass is 32.2. The molecule has 2 aliphatic rings. The molecule has 0 bridgehead atoms. The van der Waals surface area contributed by atoms with Gasteiger partial charge in [-0.15, -0.1) is 0 Å². The summed E-state index contributed by atoms with van der Waals surface area (Å²) in [6, 6.07) is 11.6. The highest BCUT2D eigenvalue weighted by Crippen LogP contribution is 2.38. The summed E-state index contributed by atoms with van der Waals surface area (Å²) in [6.07, 6.45) is 5.46. The Labute approximate surface area is 235 Å². The Kier molecular flexibility index (Phi) is 10.2. The van der Waals surface area contributed by atoms with Crippen LogP contribution >= 0.6 is 11.9 Å². The monoisotopic (exact) mass is 552 g/mol. The predicted octanol–water partition coefficient (Wildman–Crippen LogP) is 4.71.